The van der Waals surface area contributed by atoms with E-state index < -0.39 is 0 Å². The summed E-state index contributed by atoms with van der Waals surface area (Å²) < 4.78 is 7.14. The number of rotatable bonds is 5. The Hall–Kier alpha value is -2.10. The highest BCUT2D eigenvalue weighted by atomic mass is 16.5. The number of benzene rings is 1. The van der Waals surface area contributed by atoms with Gasteiger partial charge >= 0.3 is 0 Å². The van der Waals surface area contributed by atoms with E-state index in [2.05, 4.69) is 5.10 Å². The Kier molecular flexibility index (Phi) is 3.77. The molecule has 0 atom stereocenters. The van der Waals surface area contributed by atoms with Crippen LogP contribution in [0.1, 0.15) is 11.4 Å². The quantitative estimate of drug-likeness (QED) is 0.807. The number of carbonyl (C=O) groups is 1. The summed E-state index contributed by atoms with van der Waals surface area (Å²) in [6.45, 7) is 2.00. The molecular formula is C14H16N2O2. The summed E-state index contributed by atoms with van der Waals surface area (Å²) >= 11 is 0. The highest BCUT2D eigenvalue weighted by Gasteiger charge is 2.09. The molecule has 1 aromatic carbocycles. The highest BCUT2D eigenvalue weighted by Crippen LogP contribution is 2.09. The third-order valence-corrected chi connectivity index (χ3v) is 2.62. The van der Waals surface area contributed by atoms with Crippen LogP contribution in [0.4, 0.5) is 0 Å². The zero-order valence-electron chi connectivity index (χ0n) is 10.6. The third-order valence-electron chi connectivity index (χ3n) is 2.62. The van der Waals surface area contributed by atoms with Crippen molar-refractivity contribution >= 4 is 5.78 Å². The lowest BCUT2D eigenvalue weighted by Gasteiger charge is -2.05. The maximum Gasteiger partial charge on any atom is 0.176 e. The number of ether oxygens (including phenoxy) is 1. The second-order valence-corrected chi connectivity index (χ2v) is 4.22. The number of hydrogen-bond donors (Lipinski definition) is 0. The van der Waals surface area contributed by atoms with Crippen molar-refractivity contribution in [3.63, 3.8) is 0 Å². The first-order valence-electron chi connectivity index (χ1n) is 5.84. The van der Waals surface area contributed by atoms with Gasteiger partial charge in [-0.05, 0) is 25.1 Å². The summed E-state index contributed by atoms with van der Waals surface area (Å²) in [7, 11) is 1.84. The monoisotopic (exact) mass is 244 g/mol. The van der Waals surface area contributed by atoms with E-state index in [0.29, 0.717) is 12.2 Å². The van der Waals surface area contributed by atoms with Gasteiger partial charge in [-0.25, -0.2) is 0 Å². The predicted octanol–water partition coefficient (Wildman–Crippen LogP) is 1.92. The fraction of sp³-hybridized carbons (Fsp3) is 0.286. The second kappa shape index (κ2) is 5.49. The molecule has 0 N–H and O–H groups in total. The van der Waals surface area contributed by atoms with Gasteiger partial charge in [0.15, 0.2) is 5.78 Å². The van der Waals surface area contributed by atoms with Crippen LogP contribution in [0.5, 0.6) is 5.75 Å². The van der Waals surface area contributed by atoms with Crippen molar-refractivity contribution < 1.29 is 9.53 Å². The van der Waals surface area contributed by atoms with Crippen LogP contribution in [0.15, 0.2) is 36.4 Å². The Morgan fingerprint density at radius 1 is 1.33 bits per heavy atom. The van der Waals surface area contributed by atoms with Crippen LogP contribution in [0.2, 0.25) is 0 Å². The lowest BCUT2D eigenvalue weighted by molar-refractivity contribution is -0.120. The van der Waals surface area contributed by atoms with Crippen molar-refractivity contribution in [1.29, 1.82) is 0 Å². The fourth-order valence-electron chi connectivity index (χ4n) is 1.76. The van der Waals surface area contributed by atoms with Gasteiger partial charge in [-0.15, -0.1) is 0 Å². The second-order valence-electron chi connectivity index (χ2n) is 4.22. The molecule has 0 aliphatic rings. The summed E-state index contributed by atoms with van der Waals surface area (Å²) in [6, 6.07) is 11.3. The Bertz CT molecular complexity index is 532. The van der Waals surface area contributed by atoms with Gasteiger partial charge in [0.2, 0.25) is 0 Å². The number of hydrogen-bond acceptors (Lipinski definition) is 3. The van der Waals surface area contributed by atoms with E-state index >= 15 is 0 Å². The number of aromatic nitrogens is 2. The molecule has 0 amide bonds. The summed E-state index contributed by atoms with van der Waals surface area (Å²) in [5.41, 5.74) is 1.83. The van der Waals surface area contributed by atoms with E-state index in [9.17, 15) is 4.79 Å². The van der Waals surface area contributed by atoms with Gasteiger partial charge < -0.3 is 4.74 Å². The molecule has 0 spiro atoms. The van der Waals surface area contributed by atoms with Crippen LogP contribution in [-0.4, -0.2) is 22.2 Å². The number of carbonyl (C=O) groups excluding carboxylic acids is 1. The average molecular weight is 244 g/mol. The van der Waals surface area contributed by atoms with E-state index in [1.54, 1.807) is 4.68 Å². The molecule has 18 heavy (non-hydrogen) atoms. The molecule has 1 aromatic heterocycles. The molecule has 4 heteroatoms. The zero-order valence-corrected chi connectivity index (χ0v) is 10.6. The minimum absolute atomic E-state index is 0.0434. The average Bonchev–Trinajstić information content (AvgIpc) is 2.67. The van der Waals surface area contributed by atoms with Crippen molar-refractivity contribution in [1.82, 2.24) is 9.78 Å². The van der Waals surface area contributed by atoms with E-state index in [4.69, 9.17) is 4.74 Å². The fourth-order valence-corrected chi connectivity index (χ4v) is 1.76. The van der Waals surface area contributed by atoms with Crippen LogP contribution in [0, 0.1) is 6.92 Å². The molecule has 0 aliphatic heterocycles. The molecule has 0 bridgehead atoms. The SMILES string of the molecule is Cc1cc(CC(=O)COc2ccccc2)n(C)n1. The van der Waals surface area contributed by atoms with Crippen LogP contribution in [-0.2, 0) is 18.3 Å². The Morgan fingerprint density at radius 2 is 2.06 bits per heavy atom. The molecule has 0 aliphatic carbocycles. The first-order chi connectivity index (χ1) is 8.65. The molecule has 0 saturated carbocycles. The first kappa shape index (κ1) is 12.4. The maximum atomic E-state index is 11.8. The largest absolute Gasteiger partial charge is 0.486 e. The predicted molar refractivity (Wildman–Crippen MR) is 68.6 cm³/mol. The molecular weight excluding hydrogens is 228 g/mol. The molecule has 0 fully saturated rings. The number of nitrogens with zero attached hydrogens (tertiary/aromatic N) is 2. The summed E-state index contributed by atoms with van der Waals surface area (Å²) in [5, 5.41) is 4.21. The van der Waals surface area contributed by atoms with Crippen molar-refractivity contribution in [3.05, 3.63) is 47.8 Å². The van der Waals surface area contributed by atoms with Crippen molar-refractivity contribution in [3.8, 4) is 5.75 Å². The summed E-state index contributed by atoms with van der Waals surface area (Å²) in [4.78, 5) is 11.8. The normalized spacial score (nSPS) is 10.3. The van der Waals surface area contributed by atoms with E-state index in [1.807, 2.05) is 50.4 Å². The molecule has 1 heterocycles. The molecule has 0 radical (unpaired) electrons. The van der Waals surface area contributed by atoms with Crippen LogP contribution in [0.3, 0.4) is 0 Å². The number of ketones is 1. The minimum Gasteiger partial charge on any atom is -0.486 e. The third kappa shape index (κ3) is 3.20. The van der Waals surface area contributed by atoms with E-state index in [0.717, 1.165) is 11.4 Å². The van der Waals surface area contributed by atoms with E-state index in [1.165, 1.54) is 0 Å². The highest BCUT2D eigenvalue weighted by molar-refractivity contribution is 5.82. The molecule has 0 saturated heterocycles. The topological polar surface area (TPSA) is 44.1 Å². The lowest BCUT2D eigenvalue weighted by atomic mass is 10.2. The van der Waals surface area contributed by atoms with Crippen LogP contribution in [0.25, 0.3) is 0 Å². The molecule has 2 rings (SSSR count). The Morgan fingerprint density at radius 3 is 2.67 bits per heavy atom. The zero-order chi connectivity index (χ0) is 13.0. The molecule has 4 nitrogen and oxygen atoms in total. The summed E-state index contributed by atoms with van der Waals surface area (Å²) in [6.07, 6.45) is 0.351. The molecule has 0 unspecified atom stereocenters. The standard InChI is InChI=1S/C14H16N2O2/c1-11-8-12(16(2)15-11)9-13(17)10-18-14-6-4-3-5-7-14/h3-8H,9-10H2,1-2H3. The summed E-state index contributed by atoms with van der Waals surface area (Å²) in [5.74, 6) is 0.758. The Labute approximate surface area is 106 Å². The van der Waals surface area contributed by atoms with Crippen LogP contribution < -0.4 is 4.74 Å². The first-order valence-corrected chi connectivity index (χ1v) is 5.84. The van der Waals surface area contributed by atoms with Gasteiger partial charge in [0.05, 0.1) is 12.1 Å². The lowest BCUT2D eigenvalue weighted by Crippen LogP contribution is -2.15. The minimum atomic E-state index is 0.0434. The van der Waals surface area contributed by atoms with Crippen molar-refractivity contribution in [2.24, 2.45) is 7.05 Å². The van der Waals surface area contributed by atoms with Gasteiger partial charge in [-0.2, -0.15) is 5.10 Å². The number of aryl methyl sites for hydroxylation is 2. The molecule has 2 aromatic rings. The van der Waals surface area contributed by atoms with Gasteiger partial charge in [-0.3, -0.25) is 9.48 Å². The number of para-hydroxylation sites is 1. The Balaban J connectivity index is 1.88. The number of Topliss-reactive ketones (excluding diaryl/α,β-unsaturated/α-hetero) is 1. The van der Waals surface area contributed by atoms with Crippen molar-refractivity contribution in [2.45, 2.75) is 13.3 Å². The van der Waals surface area contributed by atoms with Gasteiger partial charge in [0.1, 0.15) is 12.4 Å². The molecule has 94 valence electrons. The van der Waals surface area contributed by atoms with Gasteiger partial charge in [0.25, 0.3) is 0 Å². The van der Waals surface area contributed by atoms with E-state index in [-0.39, 0.29) is 12.4 Å². The smallest absolute Gasteiger partial charge is 0.176 e. The van der Waals surface area contributed by atoms with Gasteiger partial charge in [-0.1, -0.05) is 18.2 Å². The maximum absolute atomic E-state index is 11.8. The van der Waals surface area contributed by atoms with Crippen LogP contribution >= 0.6 is 0 Å². The van der Waals surface area contributed by atoms with Crippen molar-refractivity contribution in [2.75, 3.05) is 6.61 Å². The van der Waals surface area contributed by atoms with Gasteiger partial charge in [0, 0.05) is 12.7 Å².